The van der Waals surface area contributed by atoms with E-state index in [1.54, 1.807) is 0 Å². The van der Waals surface area contributed by atoms with Crippen LogP contribution >= 0.6 is 0 Å². The molecule has 2 aliphatic heterocycles. The van der Waals surface area contributed by atoms with Crippen LogP contribution in [0.15, 0.2) is 0 Å². The zero-order chi connectivity index (χ0) is 17.2. The molecule has 24 heavy (non-hydrogen) atoms. The SMILES string of the molecule is CCCS(=O)(=O)N1CCCC1C(=O)NCCc1nnc2n1CCC2. The molecule has 8 nitrogen and oxygen atoms in total. The molecule has 1 unspecified atom stereocenters. The molecule has 0 spiro atoms. The van der Waals surface area contributed by atoms with Crippen LogP contribution in [0.5, 0.6) is 0 Å². The van der Waals surface area contributed by atoms with Crippen molar-refractivity contribution < 1.29 is 13.2 Å². The summed E-state index contributed by atoms with van der Waals surface area (Å²) in [5.74, 6) is 1.81. The number of hydrogen-bond donors (Lipinski definition) is 1. The summed E-state index contributed by atoms with van der Waals surface area (Å²) < 4.78 is 28.0. The smallest absolute Gasteiger partial charge is 0.238 e. The number of nitrogens with zero attached hydrogens (tertiary/aromatic N) is 4. The van der Waals surface area contributed by atoms with Crippen molar-refractivity contribution in [2.45, 2.75) is 58.0 Å². The van der Waals surface area contributed by atoms with Crippen LogP contribution in [0.3, 0.4) is 0 Å². The first-order valence-electron chi connectivity index (χ1n) is 8.71. The second-order valence-corrected chi connectivity index (χ2v) is 8.45. The van der Waals surface area contributed by atoms with Gasteiger partial charge in [0.15, 0.2) is 0 Å². The van der Waals surface area contributed by atoms with E-state index in [9.17, 15) is 13.2 Å². The monoisotopic (exact) mass is 355 g/mol. The molecule has 1 N–H and O–H groups in total. The molecule has 0 radical (unpaired) electrons. The molecule has 0 aromatic carbocycles. The minimum Gasteiger partial charge on any atom is -0.354 e. The molecule has 1 fully saturated rings. The van der Waals surface area contributed by atoms with Crippen molar-refractivity contribution in [3.8, 4) is 0 Å². The van der Waals surface area contributed by atoms with Crippen molar-refractivity contribution in [2.75, 3.05) is 18.8 Å². The second kappa shape index (κ2) is 7.18. The van der Waals surface area contributed by atoms with Gasteiger partial charge < -0.3 is 9.88 Å². The molecular weight excluding hydrogens is 330 g/mol. The van der Waals surface area contributed by atoms with Crippen LogP contribution in [0.4, 0.5) is 0 Å². The Morgan fingerprint density at radius 3 is 2.92 bits per heavy atom. The minimum absolute atomic E-state index is 0.0999. The fourth-order valence-corrected chi connectivity index (χ4v) is 5.27. The summed E-state index contributed by atoms with van der Waals surface area (Å²) in [5, 5.41) is 11.2. The fraction of sp³-hybridized carbons (Fsp3) is 0.800. The maximum atomic E-state index is 12.4. The molecule has 1 aromatic heterocycles. The van der Waals surface area contributed by atoms with Gasteiger partial charge in [-0.15, -0.1) is 10.2 Å². The van der Waals surface area contributed by atoms with E-state index in [2.05, 4.69) is 20.1 Å². The quantitative estimate of drug-likeness (QED) is 0.747. The topological polar surface area (TPSA) is 97.2 Å². The van der Waals surface area contributed by atoms with E-state index in [0.717, 1.165) is 37.5 Å². The van der Waals surface area contributed by atoms with Crippen LogP contribution in [0.25, 0.3) is 0 Å². The molecule has 1 atom stereocenters. The van der Waals surface area contributed by atoms with Crippen LogP contribution in [-0.2, 0) is 34.2 Å². The minimum atomic E-state index is -3.33. The van der Waals surface area contributed by atoms with Gasteiger partial charge in [-0.1, -0.05) is 6.92 Å². The van der Waals surface area contributed by atoms with Crippen molar-refractivity contribution in [1.82, 2.24) is 24.4 Å². The molecular formula is C15H25N5O3S. The van der Waals surface area contributed by atoms with Crippen LogP contribution in [0, 0.1) is 0 Å². The van der Waals surface area contributed by atoms with Crippen molar-refractivity contribution in [2.24, 2.45) is 0 Å². The molecule has 0 saturated carbocycles. The van der Waals surface area contributed by atoms with E-state index >= 15 is 0 Å². The van der Waals surface area contributed by atoms with Gasteiger partial charge in [0.05, 0.1) is 5.75 Å². The van der Waals surface area contributed by atoms with E-state index in [1.807, 2.05) is 6.92 Å². The van der Waals surface area contributed by atoms with Gasteiger partial charge in [0, 0.05) is 32.5 Å². The van der Waals surface area contributed by atoms with Gasteiger partial charge in [0.2, 0.25) is 15.9 Å². The zero-order valence-corrected chi connectivity index (χ0v) is 14.9. The van der Waals surface area contributed by atoms with Crippen LogP contribution < -0.4 is 5.32 Å². The Labute approximate surface area is 142 Å². The van der Waals surface area contributed by atoms with Crippen LogP contribution in [-0.4, -0.2) is 58.3 Å². The second-order valence-electron chi connectivity index (χ2n) is 6.41. The number of aryl methyl sites for hydroxylation is 1. The number of nitrogens with one attached hydrogen (secondary N) is 1. The Morgan fingerprint density at radius 2 is 2.12 bits per heavy atom. The lowest BCUT2D eigenvalue weighted by molar-refractivity contribution is -0.124. The number of fused-ring (bicyclic) bond motifs is 1. The summed E-state index contributed by atoms with van der Waals surface area (Å²) in [6.45, 7) is 3.67. The number of amides is 1. The number of rotatable bonds is 7. The summed E-state index contributed by atoms with van der Waals surface area (Å²) in [7, 11) is -3.33. The van der Waals surface area contributed by atoms with Crippen molar-refractivity contribution in [3.05, 3.63) is 11.6 Å². The number of sulfonamides is 1. The Kier molecular flexibility index (Phi) is 5.19. The lowest BCUT2D eigenvalue weighted by Crippen LogP contribution is -2.47. The number of carbonyl (C=O) groups excluding carboxylic acids is 1. The molecule has 3 heterocycles. The lowest BCUT2D eigenvalue weighted by Gasteiger charge is -2.23. The van der Waals surface area contributed by atoms with E-state index in [0.29, 0.717) is 32.4 Å². The van der Waals surface area contributed by atoms with Crippen molar-refractivity contribution in [3.63, 3.8) is 0 Å². The third kappa shape index (κ3) is 3.46. The molecule has 9 heteroatoms. The third-order valence-electron chi connectivity index (χ3n) is 4.66. The predicted octanol–water partition coefficient (Wildman–Crippen LogP) is 0.0872. The standard InChI is InChI=1S/C15H25N5O3S/c1-2-11-24(22,23)20-10-3-5-12(20)15(21)16-8-7-14-18-17-13-6-4-9-19(13)14/h12H,2-11H2,1H3,(H,16,21). The number of hydrogen-bond acceptors (Lipinski definition) is 5. The Hall–Kier alpha value is -1.48. The molecule has 0 bridgehead atoms. The molecule has 0 aliphatic carbocycles. The largest absolute Gasteiger partial charge is 0.354 e. The first-order valence-corrected chi connectivity index (χ1v) is 10.3. The summed E-state index contributed by atoms with van der Waals surface area (Å²) in [6, 6.07) is -0.564. The molecule has 1 amide bonds. The van der Waals surface area contributed by atoms with Crippen molar-refractivity contribution >= 4 is 15.9 Å². The molecule has 1 aromatic rings. The maximum absolute atomic E-state index is 12.4. The van der Waals surface area contributed by atoms with Gasteiger partial charge in [-0.05, 0) is 25.7 Å². The highest BCUT2D eigenvalue weighted by Gasteiger charge is 2.37. The highest BCUT2D eigenvalue weighted by atomic mass is 32.2. The van der Waals surface area contributed by atoms with Gasteiger partial charge in [-0.3, -0.25) is 4.79 Å². The molecule has 3 rings (SSSR count). The van der Waals surface area contributed by atoms with Gasteiger partial charge in [-0.25, -0.2) is 8.42 Å². The third-order valence-corrected chi connectivity index (χ3v) is 6.74. The van der Waals surface area contributed by atoms with Crippen molar-refractivity contribution in [1.29, 1.82) is 0 Å². The molecule has 134 valence electrons. The fourth-order valence-electron chi connectivity index (χ4n) is 3.52. The average molecular weight is 355 g/mol. The van der Waals surface area contributed by atoms with Crippen LogP contribution in [0.2, 0.25) is 0 Å². The average Bonchev–Trinajstić information content (AvgIpc) is 3.24. The van der Waals surface area contributed by atoms with E-state index in [4.69, 9.17) is 0 Å². The highest BCUT2D eigenvalue weighted by molar-refractivity contribution is 7.89. The zero-order valence-electron chi connectivity index (χ0n) is 14.1. The van der Waals surface area contributed by atoms with Gasteiger partial charge in [-0.2, -0.15) is 4.31 Å². The van der Waals surface area contributed by atoms with Gasteiger partial charge in [0.1, 0.15) is 17.7 Å². The Bertz CT molecular complexity index is 700. The van der Waals surface area contributed by atoms with Gasteiger partial charge >= 0.3 is 0 Å². The normalized spacial score (nSPS) is 21.1. The number of aromatic nitrogens is 3. The van der Waals surface area contributed by atoms with E-state index in [1.165, 1.54) is 4.31 Å². The maximum Gasteiger partial charge on any atom is 0.238 e. The summed E-state index contributed by atoms with van der Waals surface area (Å²) in [6.07, 6.45) is 4.56. The summed E-state index contributed by atoms with van der Waals surface area (Å²) in [5.41, 5.74) is 0. The van der Waals surface area contributed by atoms with Crippen LogP contribution in [0.1, 0.15) is 44.3 Å². The Balaban J connectivity index is 1.54. The Morgan fingerprint density at radius 1 is 1.29 bits per heavy atom. The van der Waals surface area contributed by atoms with Gasteiger partial charge in [0.25, 0.3) is 0 Å². The van der Waals surface area contributed by atoms with E-state index in [-0.39, 0.29) is 11.7 Å². The predicted molar refractivity (Wildman–Crippen MR) is 88.9 cm³/mol. The first kappa shape index (κ1) is 17.3. The van der Waals surface area contributed by atoms with E-state index < -0.39 is 16.1 Å². The number of carbonyl (C=O) groups is 1. The summed E-state index contributed by atoms with van der Waals surface area (Å²) >= 11 is 0. The molecule has 1 saturated heterocycles. The first-order chi connectivity index (χ1) is 11.5. The highest BCUT2D eigenvalue weighted by Crippen LogP contribution is 2.22. The molecule has 2 aliphatic rings. The summed E-state index contributed by atoms with van der Waals surface area (Å²) in [4.78, 5) is 12.4. The lowest BCUT2D eigenvalue weighted by atomic mass is 10.2.